The van der Waals surface area contributed by atoms with Gasteiger partial charge in [0.15, 0.2) is 0 Å². The van der Waals surface area contributed by atoms with Crippen molar-refractivity contribution in [3.8, 4) is 0 Å². The Hall–Kier alpha value is -8.53. The molecule has 4 aromatic carbocycles. The van der Waals surface area contributed by atoms with Crippen molar-refractivity contribution in [3.63, 3.8) is 0 Å². The molecular formula is C64H90ClF4N15O9. The minimum absolute atomic E-state index is 0.158. The van der Waals surface area contributed by atoms with Crippen LogP contribution >= 0.6 is 11.6 Å². The summed E-state index contributed by atoms with van der Waals surface area (Å²) < 4.78 is 73.2. The van der Waals surface area contributed by atoms with E-state index in [0.717, 1.165) is 26.2 Å². The maximum Gasteiger partial charge on any atom is 0.410 e. The number of nitrogens with one attached hydrogen (secondary N) is 5. The second-order valence-electron chi connectivity index (χ2n) is 25.6. The molecule has 24 nitrogen and oxygen atoms in total. The zero-order valence-electron chi connectivity index (χ0n) is 54.7. The highest BCUT2D eigenvalue weighted by molar-refractivity contribution is 6.18. The number of carbonyl (C=O) groups excluding carboxylic acids is 6. The van der Waals surface area contributed by atoms with E-state index in [0.29, 0.717) is 163 Å². The van der Waals surface area contributed by atoms with Crippen molar-refractivity contribution in [2.75, 3.05) is 184 Å². The first-order chi connectivity index (χ1) is 43.9. The SMILES string of the molecule is CC(C)(C)OC(=O)N1CCN(c2ccc(N)cc2F)CC1.CC(C)(C)OC(=O)N1CCN(c2ccc(N3CCNC3=O)cc2F)CC1.CC(C)(C)OC(=O)N1CCN(c2ccc(NC(=O)NCCCl)cc2F)CC1.O=C1NCCN1c1ccc(N2CCNCC2)c(F)c1. The number of nitrogens with two attached hydrogens (primary N) is 1. The molecule has 0 radical (unpaired) electrons. The molecule has 29 heteroatoms. The van der Waals surface area contributed by atoms with Crippen molar-refractivity contribution in [1.82, 2.24) is 36.0 Å². The van der Waals surface area contributed by atoms with Gasteiger partial charge >= 0.3 is 36.4 Å². The molecule has 9 amide bonds. The van der Waals surface area contributed by atoms with Crippen molar-refractivity contribution in [3.05, 3.63) is 96.1 Å². The highest BCUT2D eigenvalue weighted by Gasteiger charge is 2.32. The molecule has 6 heterocycles. The van der Waals surface area contributed by atoms with E-state index in [4.69, 9.17) is 31.5 Å². The van der Waals surface area contributed by atoms with Gasteiger partial charge in [-0.3, -0.25) is 9.80 Å². The van der Waals surface area contributed by atoms with E-state index < -0.39 is 28.7 Å². The number of hydrogen-bond donors (Lipinski definition) is 6. The fourth-order valence-corrected chi connectivity index (χ4v) is 10.6. The van der Waals surface area contributed by atoms with Crippen molar-refractivity contribution < 1.29 is 60.5 Å². The molecule has 0 aliphatic carbocycles. The molecule has 0 spiro atoms. The number of ether oxygens (including phenoxy) is 3. The number of halogens is 5. The molecule has 6 aliphatic rings. The third kappa shape index (κ3) is 21.5. The Kier molecular flexibility index (Phi) is 25.0. The topological polar surface area (TPSA) is 245 Å². The molecule has 6 aliphatic heterocycles. The van der Waals surface area contributed by atoms with E-state index in [1.807, 2.05) is 88.0 Å². The number of nitrogen functional groups attached to an aromatic ring is 1. The summed E-state index contributed by atoms with van der Waals surface area (Å²) >= 11 is 5.50. The summed E-state index contributed by atoms with van der Waals surface area (Å²) in [4.78, 5) is 86.7. The largest absolute Gasteiger partial charge is 0.444 e. The number of alkyl halides is 1. The quantitative estimate of drug-likeness (QED) is 0.0397. The fourth-order valence-electron chi connectivity index (χ4n) is 10.5. The third-order valence-corrected chi connectivity index (χ3v) is 15.2. The van der Waals surface area contributed by atoms with Gasteiger partial charge in [0.25, 0.3) is 0 Å². The van der Waals surface area contributed by atoms with Crippen LogP contribution in [-0.2, 0) is 14.2 Å². The molecule has 0 unspecified atom stereocenters. The molecule has 6 fully saturated rings. The highest BCUT2D eigenvalue weighted by Crippen LogP contribution is 2.30. The molecule has 0 bridgehead atoms. The normalized spacial score (nSPS) is 17.0. The van der Waals surface area contributed by atoms with Gasteiger partial charge in [-0.05, 0) is 135 Å². The van der Waals surface area contributed by atoms with Crippen molar-refractivity contribution in [2.45, 2.75) is 79.1 Å². The molecule has 10 rings (SSSR count). The van der Waals surface area contributed by atoms with Crippen molar-refractivity contribution in [1.29, 1.82) is 0 Å². The Bertz CT molecular complexity index is 3210. The van der Waals surface area contributed by atoms with Gasteiger partial charge in [0.2, 0.25) is 0 Å². The van der Waals surface area contributed by atoms with Gasteiger partial charge in [0, 0.05) is 166 Å². The summed E-state index contributed by atoms with van der Waals surface area (Å²) in [6.07, 6.45) is -1.02. The lowest BCUT2D eigenvalue weighted by molar-refractivity contribution is 0.0230. The van der Waals surface area contributed by atoms with Gasteiger partial charge in [-0.25, -0.2) is 46.3 Å². The van der Waals surface area contributed by atoms with Crippen LogP contribution in [0.25, 0.3) is 0 Å². The Balaban J connectivity index is 0.000000177. The average molecular weight is 1320 g/mol. The van der Waals surface area contributed by atoms with E-state index in [2.05, 4.69) is 26.6 Å². The predicted molar refractivity (Wildman–Crippen MR) is 354 cm³/mol. The number of hydrogen-bond acceptors (Lipinski definition) is 15. The molecule has 0 aromatic heterocycles. The average Bonchev–Trinajstić information content (AvgIpc) is 1.79. The van der Waals surface area contributed by atoms with Gasteiger partial charge in [-0.1, -0.05) is 0 Å². The van der Waals surface area contributed by atoms with Crippen LogP contribution < -0.4 is 61.7 Å². The Labute approximate surface area is 546 Å². The standard InChI is InChI=1S/C18H26ClFN4O3.C18H25FN4O3.C15H22FN3O2.C13H17FN4O/c1-18(2,3)27-17(26)24-10-8-23(9-11-24)15-5-4-13(12-14(15)20)22-16(25)21-7-6-19;1-18(2,3)26-17(25)22-10-8-21(9-11-22)15-5-4-13(12-14(15)19)23-7-6-20-16(23)24;1-15(2,3)21-14(20)19-8-6-18(7-9-19)13-5-4-11(17)10-12(13)16;14-11-9-10(18-8-5-16-13(18)19)1-2-12(11)17-6-3-15-4-7-17/h4-5,12H,6-11H2,1-3H3,(H2,21,22,25);4-5,12H,6-11H2,1-3H3,(H,20,24);4-5,10H,6-9,17H2,1-3H3;1-2,9,15H,3-8H2,(H,16,19). The summed E-state index contributed by atoms with van der Waals surface area (Å²) in [7, 11) is 0. The highest BCUT2D eigenvalue weighted by atomic mass is 35.5. The van der Waals surface area contributed by atoms with Crippen molar-refractivity contribution in [2.24, 2.45) is 0 Å². The molecule has 4 aromatic rings. The van der Waals surface area contributed by atoms with E-state index >= 15 is 0 Å². The summed E-state index contributed by atoms with van der Waals surface area (Å²) in [6, 6.07) is 18.3. The van der Waals surface area contributed by atoms with Gasteiger partial charge in [-0.15, -0.1) is 11.6 Å². The molecule has 510 valence electrons. The maximum absolute atomic E-state index is 14.6. The monoisotopic (exact) mass is 1320 g/mol. The van der Waals surface area contributed by atoms with Crippen LogP contribution in [-0.4, -0.2) is 211 Å². The summed E-state index contributed by atoms with van der Waals surface area (Å²) in [5.74, 6) is -1.10. The molecule has 7 N–H and O–H groups in total. The van der Waals surface area contributed by atoms with Crippen LogP contribution in [0.5, 0.6) is 0 Å². The smallest absolute Gasteiger partial charge is 0.410 e. The lowest BCUT2D eigenvalue weighted by atomic mass is 10.2. The summed E-state index contributed by atoms with van der Waals surface area (Å²) in [5, 5.41) is 13.8. The molecule has 0 saturated carbocycles. The van der Waals surface area contributed by atoms with E-state index in [9.17, 15) is 46.3 Å². The number of amides is 9. The number of urea groups is 3. The number of anilines is 8. The third-order valence-electron chi connectivity index (χ3n) is 15.0. The molecular weight excluding hydrogens is 1230 g/mol. The second kappa shape index (κ2) is 32.4. The fraction of sp³-hybridized carbons (Fsp3) is 0.531. The zero-order valence-corrected chi connectivity index (χ0v) is 55.4. The van der Waals surface area contributed by atoms with Gasteiger partial charge in [-0.2, -0.15) is 0 Å². The Morgan fingerprint density at radius 2 is 0.817 bits per heavy atom. The minimum Gasteiger partial charge on any atom is -0.444 e. The maximum atomic E-state index is 14.6. The molecule has 6 saturated heterocycles. The minimum atomic E-state index is -0.542. The summed E-state index contributed by atoms with van der Waals surface area (Å²) in [5.41, 5.74) is 7.96. The number of rotatable bonds is 9. The summed E-state index contributed by atoms with van der Waals surface area (Å²) in [6.45, 7) is 28.5. The zero-order chi connectivity index (χ0) is 67.8. The Morgan fingerprint density at radius 3 is 1.14 bits per heavy atom. The number of benzene rings is 4. The van der Waals surface area contributed by atoms with Crippen LogP contribution in [0.1, 0.15) is 62.3 Å². The van der Waals surface area contributed by atoms with Crippen molar-refractivity contribution >= 4 is 93.5 Å². The lowest BCUT2D eigenvalue weighted by Gasteiger charge is -2.37. The number of carbonyl (C=O) groups is 6. The first-order valence-electron chi connectivity index (χ1n) is 31.3. The first kappa shape index (κ1) is 71.9. The number of piperazine rings is 4. The predicted octanol–water partition coefficient (Wildman–Crippen LogP) is 8.89. The van der Waals surface area contributed by atoms with Crippen LogP contribution in [0, 0.1) is 23.3 Å². The van der Waals surface area contributed by atoms with Crippen LogP contribution in [0.3, 0.4) is 0 Å². The van der Waals surface area contributed by atoms with Crippen LogP contribution in [0.2, 0.25) is 0 Å². The lowest BCUT2D eigenvalue weighted by Crippen LogP contribution is -2.50. The van der Waals surface area contributed by atoms with Gasteiger partial charge < -0.3 is 80.8 Å². The Morgan fingerprint density at radius 1 is 0.473 bits per heavy atom. The van der Waals surface area contributed by atoms with Crippen LogP contribution in [0.15, 0.2) is 72.8 Å². The van der Waals surface area contributed by atoms with Gasteiger partial charge in [0.1, 0.15) is 40.1 Å². The van der Waals surface area contributed by atoms with Crippen LogP contribution in [0.4, 0.5) is 91.8 Å². The van der Waals surface area contributed by atoms with Gasteiger partial charge in [0.05, 0.1) is 22.7 Å². The van der Waals surface area contributed by atoms with E-state index in [1.54, 1.807) is 62.1 Å². The number of nitrogens with zero attached hydrogens (tertiary/aromatic N) is 9. The molecule has 93 heavy (non-hydrogen) atoms. The first-order valence-corrected chi connectivity index (χ1v) is 31.8. The second-order valence-corrected chi connectivity index (χ2v) is 26.0. The van der Waals surface area contributed by atoms with E-state index in [1.165, 1.54) is 29.2 Å². The molecule has 0 atom stereocenters. The van der Waals surface area contributed by atoms with E-state index in [-0.39, 0.29) is 47.8 Å².